The summed E-state index contributed by atoms with van der Waals surface area (Å²) in [4.78, 5) is 12.9. The first-order chi connectivity index (χ1) is 6.24. The van der Waals surface area contributed by atoms with Gasteiger partial charge in [0.2, 0.25) is 0 Å². The zero-order valence-corrected chi connectivity index (χ0v) is 8.42. The topological polar surface area (TPSA) is 38.8 Å². The van der Waals surface area contributed by atoms with Crippen molar-refractivity contribution in [1.29, 1.82) is 0 Å². The highest BCUT2D eigenvalue weighted by Crippen LogP contribution is 2.07. The highest BCUT2D eigenvalue weighted by atomic mass is 35.5. The summed E-state index contributed by atoms with van der Waals surface area (Å²) in [5.41, 5.74) is -0.518. The highest BCUT2D eigenvalue weighted by Gasteiger charge is 2.19. The molecule has 1 saturated heterocycles. The molecule has 1 heterocycles. The molecule has 1 atom stereocenters. The van der Waals surface area contributed by atoms with E-state index in [1.54, 1.807) is 4.90 Å². The number of halogens is 1. The van der Waals surface area contributed by atoms with Gasteiger partial charge in [0.1, 0.15) is 0 Å². The fraction of sp³-hybridized carbons (Fsp3) is 0.875. The lowest BCUT2D eigenvalue weighted by Crippen LogP contribution is -2.41. The SMILES string of the molecule is CCC(Cl)OC(=O)N1CCOCC1. The van der Waals surface area contributed by atoms with Crippen molar-refractivity contribution in [2.75, 3.05) is 26.3 Å². The summed E-state index contributed by atoms with van der Waals surface area (Å²) in [5.74, 6) is 0. The summed E-state index contributed by atoms with van der Waals surface area (Å²) in [6, 6.07) is 0. The van der Waals surface area contributed by atoms with Crippen LogP contribution in [0.4, 0.5) is 4.79 Å². The van der Waals surface area contributed by atoms with Crippen LogP contribution in [0.15, 0.2) is 0 Å². The van der Waals surface area contributed by atoms with Crippen LogP contribution in [-0.2, 0) is 9.47 Å². The van der Waals surface area contributed by atoms with Crippen LogP contribution >= 0.6 is 11.6 Å². The summed E-state index contributed by atoms with van der Waals surface area (Å²) < 4.78 is 10.0. The van der Waals surface area contributed by atoms with Crippen molar-refractivity contribution in [3.05, 3.63) is 0 Å². The van der Waals surface area contributed by atoms with Crippen LogP contribution < -0.4 is 0 Å². The van der Waals surface area contributed by atoms with Gasteiger partial charge in [0.15, 0.2) is 5.56 Å². The lowest BCUT2D eigenvalue weighted by atomic mass is 10.4. The number of hydrogen-bond donors (Lipinski definition) is 0. The highest BCUT2D eigenvalue weighted by molar-refractivity contribution is 6.20. The minimum atomic E-state index is -0.518. The molecular formula is C8H14ClNO3. The number of carbonyl (C=O) groups excluding carboxylic acids is 1. The summed E-state index contributed by atoms with van der Waals surface area (Å²) in [5, 5.41) is 0. The molecule has 1 aliphatic rings. The first kappa shape index (κ1) is 10.6. The van der Waals surface area contributed by atoms with Gasteiger partial charge in [-0.3, -0.25) is 0 Å². The Kier molecular flexibility index (Phi) is 4.32. The van der Waals surface area contributed by atoms with Crippen molar-refractivity contribution in [2.24, 2.45) is 0 Å². The quantitative estimate of drug-likeness (QED) is 0.643. The number of morpholine rings is 1. The molecule has 1 fully saturated rings. The van der Waals surface area contributed by atoms with Gasteiger partial charge < -0.3 is 14.4 Å². The van der Waals surface area contributed by atoms with E-state index >= 15 is 0 Å². The predicted octanol–water partition coefficient (Wildman–Crippen LogP) is 1.43. The Morgan fingerprint density at radius 3 is 2.77 bits per heavy atom. The molecule has 1 amide bonds. The van der Waals surface area contributed by atoms with Crippen LogP contribution in [-0.4, -0.2) is 42.9 Å². The molecular weight excluding hydrogens is 194 g/mol. The van der Waals surface area contributed by atoms with Gasteiger partial charge in [0.25, 0.3) is 0 Å². The summed E-state index contributed by atoms with van der Waals surface area (Å²) in [7, 11) is 0. The molecule has 0 bridgehead atoms. The second-order valence-electron chi connectivity index (χ2n) is 2.80. The number of nitrogens with zero attached hydrogens (tertiary/aromatic N) is 1. The predicted molar refractivity (Wildman–Crippen MR) is 48.8 cm³/mol. The molecule has 0 saturated carbocycles. The number of amides is 1. The molecule has 0 aromatic heterocycles. The van der Waals surface area contributed by atoms with E-state index in [-0.39, 0.29) is 6.09 Å². The van der Waals surface area contributed by atoms with Crippen molar-refractivity contribution >= 4 is 17.7 Å². The molecule has 0 radical (unpaired) electrons. The van der Waals surface area contributed by atoms with E-state index < -0.39 is 5.56 Å². The molecule has 4 nitrogen and oxygen atoms in total. The van der Waals surface area contributed by atoms with Crippen LogP contribution in [0.5, 0.6) is 0 Å². The van der Waals surface area contributed by atoms with E-state index in [2.05, 4.69) is 0 Å². The molecule has 5 heteroatoms. The van der Waals surface area contributed by atoms with Gasteiger partial charge in [-0.1, -0.05) is 18.5 Å². The van der Waals surface area contributed by atoms with Gasteiger partial charge in [-0.15, -0.1) is 0 Å². The fourth-order valence-electron chi connectivity index (χ4n) is 1.01. The number of ether oxygens (including phenoxy) is 2. The maximum atomic E-state index is 11.3. The lowest BCUT2D eigenvalue weighted by molar-refractivity contribution is 0.0229. The summed E-state index contributed by atoms with van der Waals surface area (Å²) in [6.07, 6.45) is 0.280. The van der Waals surface area contributed by atoms with E-state index in [1.165, 1.54) is 0 Å². The molecule has 1 unspecified atom stereocenters. The van der Waals surface area contributed by atoms with Crippen LogP contribution in [0.3, 0.4) is 0 Å². The maximum Gasteiger partial charge on any atom is 0.411 e. The van der Waals surface area contributed by atoms with Gasteiger partial charge in [-0.25, -0.2) is 4.79 Å². The number of alkyl halides is 1. The van der Waals surface area contributed by atoms with E-state index in [0.29, 0.717) is 32.7 Å². The fourth-order valence-corrected chi connectivity index (χ4v) is 1.09. The average Bonchev–Trinajstić information content (AvgIpc) is 2.19. The third-order valence-electron chi connectivity index (χ3n) is 1.82. The Balaban J connectivity index is 2.29. The Morgan fingerprint density at radius 2 is 2.23 bits per heavy atom. The summed E-state index contributed by atoms with van der Waals surface area (Å²) >= 11 is 5.68. The second kappa shape index (κ2) is 5.29. The molecule has 0 aromatic carbocycles. The second-order valence-corrected chi connectivity index (χ2v) is 3.29. The van der Waals surface area contributed by atoms with Crippen LogP contribution in [0.25, 0.3) is 0 Å². The minimum absolute atomic E-state index is 0.342. The molecule has 0 N–H and O–H groups in total. The minimum Gasteiger partial charge on any atom is -0.430 e. The van der Waals surface area contributed by atoms with Gasteiger partial charge in [-0.2, -0.15) is 0 Å². The third kappa shape index (κ3) is 3.40. The van der Waals surface area contributed by atoms with E-state index in [0.717, 1.165) is 0 Å². The molecule has 1 rings (SSSR count). The number of rotatable bonds is 2. The Bertz CT molecular complexity index is 171. The third-order valence-corrected chi connectivity index (χ3v) is 2.22. The standard InChI is InChI=1S/C8H14ClNO3/c1-2-7(9)13-8(11)10-3-5-12-6-4-10/h7H,2-6H2,1H3. The zero-order chi connectivity index (χ0) is 9.68. The average molecular weight is 208 g/mol. The van der Waals surface area contributed by atoms with Gasteiger partial charge in [0.05, 0.1) is 13.2 Å². The zero-order valence-electron chi connectivity index (χ0n) is 7.66. The maximum absolute atomic E-state index is 11.3. The van der Waals surface area contributed by atoms with Crippen LogP contribution in [0.1, 0.15) is 13.3 Å². The Morgan fingerprint density at radius 1 is 1.62 bits per heavy atom. The number of hydrogen-bond acceptors (Lipinski definition) is 3. The smallest absolute Gasteiger partial charge is 0.411 e. The van der Waals surface area contributed by atoms with Gasteiger partial charge >= 0.3 is 6.09 Å². The van der Waals surface area contributed by atoms with E-state index in [1.807, 2.05) is 6.92 Å². The largest absolute Gasteiger partial charge is 0.430 e. The van der Waals surface area contributed by atoms with Crippen LogP contribution in [0.2, 0.25) is 0 Å². The van der Waals surface area contributed by atoms with E-state index in [4.69, 9.17) is 21.1 Å². The Labute approximate surface area is 82.7 Å². The van der Waals surface area contributed by atoms with Crippen molar-refractivity contribution in [1.82, 2.24) is 4.90 Å². The molecule has 0 aromatic rings. The monoisotopic (exact) mass is 207 g/mol. The molecule has 0 aliphatic carbocycles. The molecule has 0 spiro atoms. The normalized spacial score (nSPS) is 19.7. The van der Waals surface area contributed by atoms with Crippen molar-refractivity contribution < 1.29 is 14.3 Å². The van der Waals surface area contributed by atoms with Crippen LogP contribution in [0, 0.1) is 0 Å². The molecule has 13 heavy (non-hydrogen) atoms. The first-order valence-electron chi connectivity index (χ1n) is 4.41. The van der Waals surface area contributed by atoms with Gasteiger partial charge in [0, 0.05) is 13.1 Å². The Hall–Kier alpha value is -0.480. The van der Waals surface area contributed by atoms with Crippen molar-refractivity contribution in [3.63, 3.8) is 0 Å². The molecule has 76 valence electrons. The molecule has 1 aliphatic heterocycles. The van der Waals surface area contributed by atoms with Crippen molar-refractivity contribution in [3.8, 4) is 0 Å². The lowest BCUT2D eigenvalue weighted by Gasteiger charge is -2.26. The summed E-state index contributed by atoms with van der Waals surface area (Å²) in [6.45, 7) is 4.20. The van der Waals surface area contributed by atoms with Gasteiger partial charge in [-0.05, 0) is 6.42 Å². The van der Waals surface area contributed by atoms with E-state index in [9.17, 15) is 4.79 Å². The number of carbonyl (C=O) groups is 1. The first-order valence-corrected chi connectivity index (χ1v) is 4.85. The van der Waals surface area contributed by atoms with Crippen molar-refractivity contribution in [2.45, 2.75) is 18.9 Å².